The zero-order chi connectivity index (χ0) is 32.5. The van der Waals surface area contributed by atoms with Gasteiger partial charge in [0.25, 0.3) is 0 Å². The highest BCUT2D eigenvalue weighted by atomic mass is 32.2. The fourth-order valence-corrected chi connectivity index (χ4v) is 7.00. The molecule has 1 aliphatic carbocycles. The van der Waals surface area contributed by atoms with Crippen LogP contribution in [0.4, 0.5) is 26.3 Å². The number of phenolic OH excluding ortho intramolecular Hbond substituents is 2. The van der Waals surface area contributed by atoms with Crippen molar-refractivity contribution >= 4 is 21.0 Å². The average molecular weight is 650 g/mol. The molecule has 44 heavy (non-hydrogen) atoms. The molecule has 0 saturated carbocycles. The van der Waals surface area contributed by atoms with Gasteiger partial charge in [-0.15, -0.1) is 0 Å². The van der Waals surface area contributed by atoms with Crippen molar-refractivity contribution in [2.75, 3.05) is 31.6 Å². The molecule has 0 aromatic heterocycles. The number of nitrogens with zero attached hydrogens (tertiary/aromatic N) is 1. The van der Waals surface area contributed by atoms with Gasteiger partial charge in [0.1, 0.15) is 27.2 Å². The summed E-state index contributed by atoms with van der Waals surface area (Å²) in [5, 5.41) is 20.1. The second-order valence-corrected chi connectivity index (χ2v) is 13.9. The van der Waals surface area contributed by atoms with Crippen molar-refractivity contribution in [3.05, 3.63) is 58.9 Å². The van der Waals surface area contributed by atoms with Gasteiger partial charge in [-0.25, -0.2) is 12.8 Å². The predicted molar refractivity (Wildman–Crippen MR) is 160 cm³/mol. The van der Waals surface area contributed by atoms with Gasteiger partial charge in [-0.2, -0.15) is 22.0 Å². The van der Waals surface area contributed by atoms with Gasteiger partial charge in [0, 0.05) is 12.0 Å². The molecular formula is C32H41F6NO4S. The Bertz CT molecular complexity index is 1390. The number of sulfone groups is 1. The highest BCUT2D eigenvalue weighted by Crippen LogP contribution is 2.41. The second-order valence-electron chi connectivity index (χ2n) is 11.6. The van der Waals surface area contributed by atoms with E-state index in [1.807, 2.05) is 18.0 Å². The van der Waals surface area contributed by atoms with E-state index in [0.717, 1.165) is 60.8 Å². The number of hydrogen-bond donors (Lipinski definition) is 2. The third-order valence-corrected chi connectivity index (χ3v) is 9.82. The van der Waals surface area contributed by atoms with E-state index in [1.54, 1.807) is 12.1 Å². The van der Waals surface area contributed by atoms with E-state index in [4.69, 9.17) is 0 Å². The standard InChI is InChI=1S/C32H41F6NO4S/c1-39(18-8-20-44(42,43)19-7-16-31(34,35)32(36,37)38)17-5-3-2-4-10-27-26-14-12-24(40)21-23(26)9-6-11-28(27)29-22-25(41)13-15-30(29)33/h12-15,21-22,40-41H,2-11,16-20H2,1H3. The van der Waals surface area contributed by atoms with Gasteiger partial charge in [-0.05, 0) is 124 Å². The molecule has 0 saturated heterocycles. The van der Waals surface area contributed by atoms with Crippen molar-refractivity contribution in [3.8, 4) is 11.5 Å². The van der Waals surface area contributed by atoms with Crippen molar-refractivity contribution < 1.29 is 45.0 Å². The van der Waals surface area contributed by atoms with Crippen LogP contribution in [0, 0.1) is 5.82 Å². The number of fused-ring (bicyclic) bond motifs is 1. The fraction of sp³-hybridized carbons (Fsp3) is 0.562. The molecule has 5 nitrogen and oxygen atoms in total. The van der Waals surface area contributed by atoms with Crippen LogP contribution in [0.3, 0.4) is 0 Å². The smallest absolute Gasteiger partial charge is 0.453 e. The molecule has 2 N–H and O–H groups in total. The van der Waals surface area contributed by atoms with Gasteiger partial charge in [-0.3, -0.25) is 0 Å². The third-order valence-electron chi connectivity index (χ3n) is 8.00. The molecule has 0 atom stereocenters. The van der Waals surface area contributed by atoms with Crippen LogP contribution >= 0.6 is 0 Å². The van der Waals surface area contributed by atoms with Crippen LogP contribution in [-0.2, 0) is 16.3 Å². The minimum Gasteiger partial charge on any atom is -0.508 e. The lowest BCUT2D eigenvalue weighted by atomic mass is 9.88. The van der Waals surface area contributed by atoms with E-state index in [0.29, 0.717) is 31.5 Å². The normalized spacial score (nSPS) is 14.6. The lowest BCUT2D eigenvalue weighted by Gasteiger charge is -2.19. The molecule has 1 aliphatic rings. The Morgan fingerprint density at radius 3 is 2.16 bits per heavy atom. The predicted octanol–water partition coefficient (Wildman–Crippen LogP) is 8.15. The number of aryl methyl sites for hydroxylation is 1. The van der Waals surface area contributed by atoms with Crippen LogP contribution in [0.25, 0.3) is 11.1 Å². The van der Waals surface area contributed by atoms with Gasteiger partial charge in [-0.1, -0.05) is 18.9 Å². The number of hydrogen-bond acceptors (Lipinski definition) is 5. The van der Waals surface area contributed by atoms with Crippen LogP contribution in [0.15, 0.2) is 36.4 Å². The van der Waals surface area contributed by atoms with Crippen molar-refractivity contribution in [2.24, 2.45) is 0 Å². The molecule has 3 rings (SSSR count). The summed E-state index contributed by atoms with van der Waals surface area (Å²) in [4.78, 5) is 1.96. The molecule has 0 fully saturated rings. The molecule has 0 unspecified atom stereocenters. The zero-order valence-electron chi connectivity index (χ0n) is 24.9. The summed E-state index contributed by atoms with van der Waals surface area (Å²) in [6, 6.07) is 9.31. The van der Waals surface area contributed by atoms with E-state index >= 15 is 0 Å². The molecule has 0 heterocycles. The molecule has 2 aromatic carbocycles. The monoisotopic (exact) mass is 649 g/mol. The number of rotatable bonds is 16. The first kappa shape index (κ1) is 35.7. The lowest BCUT2D eigenvalue weighted by molar-refractivity contribution is -0.284. The summed E-state index contributed by atoms with van der Waals surface area (Å²) in [6.45, 7) is 1.16. The van der Waals surface area contributed by atoms with E-state index in [1.165, 1.54) is 18.2 Å². The molecule has 12 heteroatoms. The van der Waals surface area contributed by atoms with Crippen LogP contribution in [-0.4, -0.2) is 67.3 Å². The van der Waals surface area contributed by atoms with Crippen molar-refractivity contribution in [3.63, 3.8) is 0 Å². The maximum absolute atomic E-state index is 14.9. The van der Waals surface area contributed by atoms with E-state index in [9.17, 15) is 45.0 Å². The summed E-state index contributed by atoms with van der Waals surface area (Å²) in [6.07, 6.45) is -1.34. The first-order valence-corrected chi connectivity index (χ1v) is 16.8. The topological polar surface area (TPSA) is 77.8 Å². The highest BCUT2D eigenvalue weighted by Gasteiger charge is 2.56. The van der Waals surface area contributed by atoms with Gasteiger partial charge < -0.3 is 15.1 Å². The summed E-state index contributed by atoms with van der Waals surface area (Å²) in [7, 11) is -1.88. The summed E-state index contributed by atoms with van der Waals surface area (Å²) < 4.78 is 102. The Morgan fingerprint density at radius 1 is 0.795 bits per heavy atom. The number of alkyl halides is 5. The van der Waals surface area contributed by atoms with Crippen LogP contribution < -0.4 is 0 Å². The Hall–Kier alpha value is -2.73. The Kier molecular flexibility index (Phi) is 12.6. The number of halogens is 6. The SMILES string of the molecule is CN(CCCCCCC1=C(c2cc(O)ccc2F)CCCc2cc(O)ccc21)CCCS(=O)(=O)CCCC(F)(F)C(F)(F)F. The number of allylic oxidation sites excluding steroid dienone is 2. The maximum atomic E-state index is 14.9. The van der Waals surface area contributed by atoms with Crippen molar-refractivity contribution in [1.82, 2.24) is 4.90 Å². The average Bonchev–Trinajstić information content (AvgIpc) is 3.09. The fourth-order valence-electron chi connectivity index (χ4n) is 5.64. The Labute approximate surface area is 255 Å². The van der Waals surface area contributed by atoms with E-state index < -0.39 is 46.3 Å². The Morgan fingerprint density at radius 2 is 1.43 bits per heavy atom. The summed E-state index contributed by atoms with van der Waals surface area (Å²) in [5.41, 5.74) is 4.28. The van der Waals surface area contributed by atoms with Crippen LogP contribution in [0.1, 0.15) is 80.9 Å². The van der Waals surface area contributed by atoms with Gasteiger partial charge >= 0.3 is 12.1 Å². The quantitative estimate of drug-likeness (QED) is 0.142. The number of benzene rings is 2. The second kappa shape index (κ2) is 15.5. The van der Waals surface area contributed by atoms with Gasteiger partial charge in [0.15, 0.2) is 0 Å². The molecular weight excluding hydrogens is 608 g/mol. The third kappa shape index (κ3) is 10.4. The first-order chi connectivity index (χ1) is 20.6. The van der Waals surface area contributed by atoms with Gasteiger partial charge in [0.05, 0.1) is 11.5 Å². The molecule has 0 aliphatic heterocycles. The Balaban J connectivity index is 1.46. The molecule has 0 bridgehead atoms. The molecule has 0 radical (unpaired) electrons. The number of unbranched alkanes of at least 4 members (excludes halogenated alkanes) is 3. The molecule has 246 valence electrons. The van der Waals surface area contributed by atoms with E-state index in [-0.39, 0.29) is 23.7 Å². The van der Waals surface area contributed by atoms with Crippen molar-refractivity contribution in [1.29, 1.82) is 0 Å². The highest BCUT2D eigenvalue weighted by molar-refractivity contribution is 7.91. The van der Waals surface area contributed by atoms with E-state index in [2.05, 4.69) is 0 Å². The number of aromatic hydroxyl groups is 2. The minimum absolute atomic E-state index is 0.00395. The largest absolute Gasteiger partial charge is 0.508 e. The van der Waals surface area contributed by atoms with Gasteiger partial charge in [0.2, 0.25) is 0 Å². The lowest BCUT2D eigenvalue weighted by Crippen LogP contribution is -2.36. The first-order valence-electron chi connectivity index (χ1n) is 15.0. The maximum Gasteiger partial charge on any atom is 0.453 e. The summed E-state index contributed by atoms with van der Waals surface area (Å²) >= 11 is 0. The molecule has 2 aromatic rings. The molecule has 0 spiro atoms. The summed E-state index contributed by atoms with van der Waals surface area (Å²) in [5.74, 6) is -6.08. The molecule has 0 amide bonds. The number of phenols is 2. The van der Waals surface area contributed by atoms with Crippen LogP contribution in [0.2, 0.25) is 0 Å². The van der Waals surface area contributed by atoms with Crippen molar-refractivity contribution in [2.45, 2.75) is 82.7 Å². The zero-order valence-corrected chi connectivity index (χ0v) is 25.7. The van der Waals surface area contributed by atoms with Crippen LogP contribution in [0.5, 0.6) is 11.5 Å². The minimum atomic E-state index is -5.68.